The Hall–Kier alpha value is -0.707. The molecule has 0 saturated heterocycles. The molecule has 0 unspecified atom stereocenters. The number of phenols is 1. The summed E-state index contributed by atoms with van der Waals surface area (Å²) in [4.78, 5) is 3.86. The molecular formula is C13H16Cl2N4OZr. The van der Waals surface area contributed by atoms with Gasteiger partial charge in [-0.25, -0.2) is 9.66 Å². The van der Waals surface area contributed by atoms with Gasteiger partial charge in [0.2, 0.25) is 0 Å². The Morgan fingerprint density at radius 2 is 1.95 bits per heavy atom. The van der Waals surface area contributed by atoms with Crippen molar-refractivity contribution in [3.8, 4) is 5.75 Å². The van der Waals surface area contributed by atoms with Crippen LogP contribution in [-0.4, -0.2) is 14.8 Å². The quantitative estimate of drug-likeness (QED) is 0.728. The minimum atomic E-state index is -0.826. The number of para-hydroxylation sites is 1. The van der Waals surface area contributed by atoms with E-state index in [-0.39, 0.29) is 11.2 Å². The van der Waals surface area contributed by atoms with Crippen molar-refractivity contribution in [2.24, 2.45) is 10.3 Å². The first-order chi connectivity index (χ1) is 9.90. The van der Waals surface area contributed by atoms with E-state index in [0.717, 1.165) is 5.56 Å². The second kappa shape index (κ2) is 8.67. The number of phenolic OH excluding ortho intramolecular Hbond substituents is 1. The predicted octanol–water partition coefficient (Wildman–Crippen LogP) is 4.81. The van der Waals surface area contributed by atoms with Crippen LogP contribution in [0.25, 0.3) is 0 Å². The normalized spacial score (nSPS) is 11.1. The Morgan fingerprint density at radius 3 is 2.48 bits per heavy atom. The number of aromatic hydroxyl groups is 1. The molecule has 0 saturated carbocycles. The zero-order valence-corrected chi connectivity index (χ0v) is 15.9. The van der Waals surface area contributed by atoms with Crippen LogP contribution in [0.3, 0.4) is 0 Å². The summed E-state index contributed by atoms with van der Waals surface area (Å²) in [5.41, 5.74) is 1.17. The van der Waals surface area contributed by atoms with Gasteiger partial charge < -0.3 is 5.11 Å². The van der Waals surface area contributed by atoms with Crippen LogP contribution in [0.5, 0.6) is 5.75 Å². The van der Waals surface area contributed by atoms with Gasteiger partial charge in [-0.1, -0.05) is 38.1 Å². The fraction of sp³-hybridized carbons (Fsp3) is 0.308. The summed E-state index contributed by atoms with van der Waals surface area (Å²) in [6.07, 6.45) is 4.83. The molecule has 1 N–H and O–H groups in total. The van der Waals surface area contributed by atoms with Crippen molar-refractivity contribution in [3.05, 3.63) is 42.5 Å². The van der Waals surface area contributed by atoms with E-state index < -0.39 is 20.8 Å². The minimum absolute atomic E-state index is 0.134. The number of hydrogen-bond donors (Lipinski definition) is 1. The fourth-order valence-electron chi connectivity index (χ4n) is 1.62. The standard InChI is InChI=1S/C13H16N4O.2ClH.Zr/c1-13(2,3)10-5-4-6-11(12(10)18)15-16-17-8-7-14-9-17;;;/h4-9,18H,1-3H3;2*1H;/q;;;+2/p-2. The van der Waals surface area contributed by atoms with E-state index in [1.807, 2.05) is 32.9 Å². The number of hydrogen-bond acceptors (Lipinski definition) is 4. The van der Waals surface area contributed by atoms with Crippen molar-refractivity contribution >= 4 is 22.7 Å². The van der Waals surface area contributed by atoms with E-state index in [1.165, 1.54) is 11.0 Å². The van der Waals surface area contributed by atoms with E-state index in [1.54, 1.807) is 18.5 Å². The molecule has 0 aliphatic rings. The molecule has 8 heteroatoms. The average Bonchev–Trinajstić information content (AvgIpc) is 2.90. The molecular weight excluding hydrogens is 390 g/mol. The van der Waals surface area contributed by atoms with Crippen LogP contribution in [-0.2, 0) is 26.3 Å². The summed E-state index contributed by atoms with van der Waals surface area (Å²) in [6, 6.07) is 5.49. The van der Waals surface area contributed by atoms with E-state index in [0.29, 0.717) is 5.69 Å². The van der Waals surface area contributed by atoms with E-state index in [4.69, 9.17) is 17.0 Å². The molecule has 0 amide bonds. The van der Waals surface area contributed by atoms with Crippen LogP contribution >= 0.6 is 17.0 Å². The van der Waals surface area contributed by atoms with Crippen LogP contribution in [0.1, 0.15) is 26.3 Å². The molecule has 1 aromatic carbocycles. The first kappa shape index (κ1) is 18.3. The van der Waals surface area contributed by atoms with Gasteiger partial charge >= 0.3 is 37.9 Å². The number of rotatable bonds is 2. The molecule has 0 bridgehead atoms. The van der Waals surface area contributed by atoms with Crippen LogP contribution in [0.15, 0.2) is 47.3 Å². The maximum atomic E-state index is 10.2. The Morgan fingerprint density at radius 1 is 1.29 bits per heavy atom. The molecule has 0 aliphatic carbocycles. The average molecular weight is 406 g/mol. The second-order valence-electron chi connectivity index (χ2n) is 5.13. The van der Waals surface area contributed by atoms with Crippen molar-refractivity contribution in [2.45, 2.75) is 26.2 Å². The summed E-state index contributed by atoms with van der Waals surface area (Å²) >= 11 is -0.826. The second-order valence-corrected chi connectivity index (χ2v) is 8.86. The van der Waals surface area contributed by atoms with Crippen molar-refractivity contribution in [1.29, 1.82) is 0 Å². The first-order valence-corrected chi connectivity index (χ1v) is 12.4. The molecule has 112 valence electrons. The Bertz CT molecular complexity index is 582. The topological polar surface area (TPSA) is 62.8 Å². The van der Waals surface area contributed by atoms with E-state index in [9.17, 15) is 5.11 Å². The number of halogens is 2. The van der Waals surface area contributed by atoms with Crippen molar-refractivity contribution in [1.82, 2.24) is 9.66 Å². The third kappa shape index (κ3) is 5.89. The molecule has 1 heterocycles. The SMILES string of the molecule is CC(C)(C)c1cccc(N=Nn2ccnc2)c1O.[Cl][Zr][Cl]. The zero-order valence-electron chi connectivity index (χ0n) is 12.0. The summed E-state index contributed by atoms with van der Waals surface area (Å²) in [6.45, 7) is 6.12. The van der Waals surface area contributed by atoms with Gasteiger partial charge in [0.25, 0.3) is 0 Å². The van der Waals surface area contributed by atoms with Gasteiger partial charge in [0.15, 0.2) is 0 Å². The van der Waals surface area contributed by atoms with E-state index >= 15 is 0 Å². The third-order valence-electron chi connectivity index (χ3n) is 2.57. The molecule has 1 aromatic heterocycles. The van der Waals surface area contributed by atoms with Crippen molar-refractivity contribution in [3.63, 3.8) is 0 Å². The van der Waals surface area contributed by atoms with Crippen LogP contribution < -0.4 is 0 Å². The first-order valence-electron chi connectivity index (χ1n) is 6.09. The summed E-state index contributed by atoms with van der Waals surface area (Å²) in [7, 11) is 9.87. The Labute approximate surface area is 142 Å². The van der Waals surface area contributed by atoms with Crippen LogP contribution in [0.4, 0.5) is 5.69 Å². The summed E-state index contributed by atoms with van der Waals surface area (Å²) in [5, 5.41) is 18.1. The molecule has 2 aromatic rings. The van der Waals surface area contributed by atoms with Gasteiger partial charge in [-0.05, 0) is 11.5 Å². The molecule has 0 fully saturated rings. The molecule has 2 rings (SSSR count). The van der Waals surface area contributed by atoms with E-state index in [2.05, 4.69) is 15.3 Å². The maximum absolute atomic E-state index is 10.2. The number of nitrogens with zero attached hydrogens (tertiary/aromatic N) is 4. The molecule has 5 nitrogen and oxygen atoms in total. The molecule has 0 radical (unpaired) electrons. The Balaban J connectivity index is 0.000000677. The molecule has 0 aliphatic heterocycles. The summed E-state index contributed by atoms with van der Waals surface area (Å²) in [5.74, 6) is 0.175. The number of aromatic nitrogens is 2. The number of benzene rings is 1. The van der Waals surface area contributed by atoms with Gasteiger partial charge in [-0.15, -0.1) is 5.11 Å². The van der Waals surface area contributed by atoms with Gasteiger partial charge in [-0.3, -0.25) is 0 Å². The monoisotopic (exact) mass is 404 g/mol. The molecule has 0 atom stereocenters. The van der Waals surface area contributed by atoms with Gasteiger partial charge in [-0.2, -0.15) is 0 Å². The van der Waals surface area contributed by atoms with Crippen LogP contribution in [0, 0.1) is 0 Å². The Kier molecular flexibility index (Phi) is 7.57. The van der Waals surface area contributed by atoms with Crippen LogP contribution in [0.2, 0.25) is 0 Å². The van der Waals surface area contributed by atoms with Gasteiger partial charge in [0.1, 0.15) is 17.8 Å². The number of imidazole rings is 1. The van der Waals surface area contributed by atoms with Crippen molar-refractivity contribution in [2.75, 3.05) is 0 Å². The predicted molar refractivity (Wildman–Crippen MR) is 80.7 cm³/mol. The van der Waals surface area contributed by atoms with Crippen molar-refractivity contribution < 1.29 is 26.0 Å². The molecule has 0 spiro atoms. The van der Waals surface area contributed by atoms with Gasteiger partial charge in [0.05, 0.1) is 6.20 Å². The fourth-order valence-corrected chi connectivity index (χ4v) is 1.62. The third-order valence-corrected chi connectivity index (χ3v) is 2.57. The van der Waals surface area contributed by atoms with Gasteiger partial charge in [0, 0.05) is 11.8 Å². The molecule has 21 heavy (non-hydrogen) atoms. The zero-order chi connectivity index (χ0) is 15.9. The summed E-state index contributed by atoms with van der Waals surface area (Å²) < 4.78 is 1.48.